The van der Waals surface area contributed by atoms with Crippen molar-refractivity contribution < 1.29 is 9.53 Å². The molecule has 1 fully saturated rings. The van der Waals surface area contributed by atoms with Gasteiger partial charge in [0, 0.05) is 44.0 Å². The summed E-state index contributed by atoms with van der Waals surface area (Å²) in [6.45, 7) is 8.29. The molecule has 1 aliphatic heterocycles. The normalized spacial score (nSPS) is 24.1. The topological polar surface area (TPSA) is 59.4 Å². The predicted octanol–water partition coefficient (Wildman–Crippen LogP) is 3.03. The number of aromatic nitrogens is 2. The molecule has 1 amide bonds. The third-order valence-electron chi connectivity index (χ3n) is 5.20. The smallest absolute Gasteiger partial charge is 0.410 e. The lowest BCUT2D eigenvalue weighted by atomic mass is 9.91. The fourth-order valence-corrected chi connectivity index (χ4v) is 3.95. The van der Waals surface area contributed by atoms with Gasteiger partial charge in [0.15, 0.2) is 0 Å². The van der Waals surface area contributed by atoms with E-state index < -0.39 is 5.60 Å². The summed E-state index contributed by atoms with van der Waals surface area (Å²) in [4.78, 5) is 14.2. The SMILES string of the molecule is Cn1ncc2c1CCC[C@H]2NC[C@@H]1CCCN(C(=O)OC(C)(C)C)C1. The summed E-state index contributed by atoms with van der Waals surface area (Å²) in [7, 11) is 2.03. The van der Waals surface area contributed by atoms with Gasteiger partial charge in [0.05, 0.1) is 6.20 Å². The first-order chi connectivity index (χ1) is 11.8. The second-order valence-electron chi connectivity index (χ2n) is 8.46. The van der Waals surface area contributed by atoms with Gasteiger partial charge in [-0.15, -0.1) is 0 Å². The summed E-state index contributed by atoms with van der Waals surface area (Å²) in [6, 6.07) is 0.398. The van der Waals surface area contributed by atoms with Crippen LogP contribution < -0.4 is 5.32 Å². The summed E-state index contributed by atoms with van der Waals surface area (Å²) >= 11 is 0. The van der Waals surface area contributed by atoms with Crippen molar-refractivity contribution in [2.75, 3.05) is 19.6 Å². The number of likely N-dealkylation sites (tertiary alicyclic amines) is 1. The molecule has 0 aromatic carbocycles. The molecular formula is C19H32N4O2. The van der Waals surface area contributed by atoms with E-state index in [0.717, 1.165) is 32.5 Å². The first kappa shape index (κ1) is 18.2. The molecule has 140 valence electrons. The first-order valence-corrected chi connectivity index (χ1v) is 9.55. The first-order valence-electron chi connectivity index (χ1n) is 9.55. The average molecular weight is 348 g/mol. The van der Waals surface area contributed by atoms with Gasteiger partial charge < -0.3 is 15.0 Å². The van der Waals surface area contributed by atoms with E-state index in [9.17, 15) is 4.79 Å². The molecule has 0 radical (unpaired) electrons. The lowest BCUT2D eigenvalue weighted by molar-refractivity contribution is 0.0165. The summed E-state index contributed by atoms with van der Waals surface area (Å²) < 4.78 is 7.53. The molecule has 1 N–H and O–H groups in total. The lowest BCUT2D eigenvalue weighted by Crippen LogP contribution is -2.45. The second kappa shape index (κ2) is 7.36. The van der Waals surface area contributed by atoms with E-state index in [1.807, 2.05) is 43.6 Å². The third kappa shape index (κ3) is 4.54. The van der Waals surface area contributed by atoms with Crippen molar-refractivity contribution in [1.29, 1.82) is 0 Å². The fraction of sp³-hybridized carbons (Fsp3) is 0.789. The van der Waals surface area contributed by atoms with Gasteiger partial charge in [-0.2, -0.15) is 5.10 Å². The van der Waals surface area contributed by atoms with Crippen molar-refractivity contribution in [2.24, 2.45) is 13.0 Å². The van der Waals surface area contributed by atoms with E-state index in [-0.39, 0.29) is 6.09 Å². The van der Waals surface area contributed by atoms with Gasteiger partial charge in [0.1, 0.15) is 5.60 Å². The standard InChI is InChI=1S/C19H32N4O2/c1-19(2,3)25-18(24)23-10-6-7-14(13-23)11-20-16-8-5-9-17-15(16)12-21-22(17)4/h12,14,16,20H,5-11,13H2,1-4H3/t14-,16+/m0/s1. The monoisotopic (exact) mass is 348 g/mol. The molecule has 0 unspecified atom stereocenters. The minimum Gasteiger partial charge on any atom is -0.444 e. The fourth-order valence-electron chi connectivity index (χ4n) is 3.95. The number of carbonyl (C=O) groups is 1. The van der Waals surface area contributed by atoms with Gasteiger partial charge in [-0.25, -0.2) is 4.79 Å². The molecule has 25 heavy (non-hydrogen) atoms. The zero-order valence-corrected chi connectivity index (χ0v) is 16.0. The van der Waals surface area contributed by atoms with Gasteiger partial charge >= 0.3 is 6.09 Å². The molecule has 2 heterocycles. The minimum atomic E-state index is -0.429. The Hall–Kier alpha value is -1.56. The van der Waals surface area contributed by atoms with Crippen LogP contribution in [0.25, 0.3) is 0 Å². The molecule has 2 aliphatic rings. The highest BCUT2D eigenvalue weighted by Gasteiger charge is 2.29. The number of nitrogens with zero attached hydrogens (tertiary/aromatic N) is 3. The maximum Gasteiger partial charge on any atom is 0.410 e. The zero-order chi connectivity index (χ0) is 18.0. The highest BCUT2D eigenvalue weighted by Crippen LogP contribution is 2.29. The number of aryl methyl sites for hydroxylation is 1. The van der Waals surface area contributed by atoms with Crippen LogP contribution >= 0.6 is 0 Å². The Kier molecular flexibility index (Phi) is 5.37. The Morgan fingerprint density at radius 1 is 1.36 bits per heavy atom. The van der Waals surface area contributed by atoms with Crippen molar-refractivity contribution in [3.8, 4) is 0 Å². The van der Waals surface area contributed by atoms with E-state index in [4.69, 9.17) is 4.74 Å². The molecule has 1 saturated heterocycles. The van der Waals surface area contributed by atoms with Gasteiger partial charge in [0.2, 0.25) is 0 Å². The summed E-state index contributed by atoms with van der Waals surface area (Å²) in [6.07, 6.45) is 7.55. The average Bonchev–Trinajstić information content (AvgIpc) is 2.94. The number of fused-ring (bicyclic) bond motifs is 1. The van der Waals surface area contributed by atoms with Crippen LogP contribution in [0.5, 0.6) is 0 Å². The number of hydrogen-bond donors (Lipinski definition) is 1. The number of hydrogen-bond acceptors (Lipinski definition) is 4. The van der Waals surface area contributed by atoms with Crippen molar-refractivity contribution in [3.05, 3.63) is 17.5 Å². The molecule has 0 bridgehead atoms. The summed E-state index contributed by atoms with van der Waals surface area (Å²) in [5, 5.41) is 8.16. The maximum atomic E-state index is 12.3. The van der Waals surface area contributed by atoms with Gasteiger partial charge in [-0.3, -0.25) is 4.68 Å². The maximum absolute atomic E-state index is 12.3. The van der Waals surface area contributed by atoms with Crippen LogP contribution in [0.3, 0.4) is 0 Å². The van der Waals surface area contributed by atoms with Gasteiger partial charge in [0.25, 0.3) is 0 Å². The number of nitrogens with one attached hydrogen (secondary N) is 1. The Labute approximate surface area is 150 Å². The van der Waals surface area contributed by atoms with Crippen molar-refractivity contribution in [2.45, 2.75) is 64.5 Å². The quantitative estimate of drug-likeness (QED) is 0.912. The van der Waals surface area contributed by atoms with Crippen LogP contribution in [-0.4, -0.2) is 46.0 Å². The van der Waals surface area contributed by atoms with Crippen LogP contribution in [0.4, 0.5) is 4.79 Å². The molecule has 1 aromatic heterocycles. The van der Waals surface area contributed by atoms with Crippen molar-refractivity contribution in [3.63, 3.8) is 0 Å². The molecule has 0 saturated carbocycles. The van der Waals surface area contributed by atoms with Crippen LogP contribution in [-0.2, 0) is 18.2 Å². The lowest BCUT2D eigenvalue weighted by Gasteiger charge is -2.35. The molecule has 6 nitrogen and oxygen atoms in total. The third-order valence-corrected chi connectivity index (χ3v) is 5.20. The summed E-state index contributed by atoms with van der Waals surface area (Å²) in [5.41, 5.74) is 2.29. The molecule has 3 rings (SSSR count). The van der Waals surface area contributed by atoms with Crippen LogP contribution in [0.1, 0.15) is 63.8 Å². The summed E-state index contributed by atoms with van der Waals surface area (Å²) in [5.74, 6) is 0.489. The highest BCUT2D eigenvalue weighted by atomic mass is 16.6. The van der Waals surface area contributed by atoms with Crippen LogP contribution in [0.2, 0.25) is 0 Å². The van der Waals surface area contributed by atoms with Crippen molar-refractivity contribution >= 4 is 6.09 Å². The molecule has 0 spiro atoms. The molecule has 1 aromatic rings. The van der Waals surface area contributed by atoms with Crippen LogP contribution in [0.15, 0.2) is 6.20 Å². The number of carbonyl (C=O) groups excluding carboxylic acids is 1. The van der Waals surface area contributed by atoms with Gasteiger partial charge in [-0.1, -0.05) is 0 Å². The second-order valence-corrected chi connectivity index (χ2v) is 8.46. The van der Waals surface area contributed by atoms with E-state index in [1.165, 1.54) is 30.5 Å². The Balaban J connectivity index is 1.53. The molecule has 1 aliphatic carbocycles. The van der Waals surface area contributed by atoms with Gasteiger partial charge in [-0.05, 0) is 58.8 Å². The van der Waals surface area contributed by atoms with Crippen LogP contribution in [0, 0.1) is 5.92 Å². The Morgan fingerprint density at radius 2 is 2.16 bits per heavy atom. The number of piperidine rings is 1. The van der Waals surface area contributed by atoms with E-state index in [0.29, 0.717) is 12.0 Å². The number of rotatable bonds is 3. The Morgan fingerprint density at radius 3 is 2.92 bits per heavy atom. The van der Waals surface area contributed by atoms with E-state index >= 15 is 0 Å². The van der Waals surface area contributed by atoms with E-state index in [2.05, 4.69) is 10.4 Å². The van der Waals surface area contributed by atoms with Crippen molar-refractivity contribution in [1.82, 2.24) is 20.0 Å². The number of amides is 1. The molecular weight excluding hydrogens is 316 g/mol. The zero-order valence-electron chi connectivity index (χ0n) is 16.0. The van der Waals surface area contributed by atoms with E-state index in [1.54, 1.807) is 0 Å². The number of ether oxygens (including phenoxy) is 1. The largest absolute Gasteiger partial charge is 0.444 e. The minimum absolute atomic E-state index is 0.176. The molecule has 2 atom stereocenters. The Bertz CT molecular complexity index is 605. The predicted molar refractivity (Wildman–Crippen MR) is 97.4 cm³/mol. The highest BCUT2D eigenvalue weighted by molar-refractivity contribution is 5.68. The molecule has 6 heteroatoms.